The third-order valence-electron chi connectivity index (χ3n) is 3.76. The maximum atomic E-state index is 9.00. The first kappa shape index (κ1) is 12.1. The minimum atomic E-state index is 0.574. The summed E-state index contributed by atoms with van der Waals surface area (Å²) in [6.45, 7) is 2.54. The van der Waals surface area contributed by atoms with Crippen molar-refractivity contribution >= 4 is 5.52 Å². The third kappa shape index (κ3) is 2.08. The Hall–Kier alpha value is -2.65. The maximum absolute atomic E-state index is 9.00. The van der Waals surface area contributed by atoms with Crippen molar-refractivity contribution in [3.63, 3.8) is 0 Å². The first-order valence-electron chi connectivity index (χ1n) is 6.81. The SMILES string of the molecule is N#Cc1cnn2cc(-c3cnn(CC4COC4)c3)ccc12. The van der Waals surface area contributed by atoms with Crippen molar-refractivity contribution in [2.24, 2.45) is 5.92 Å². The summed E-state index contributed by atoms with van der Waals surface area (Å²) in [5.74, 6) is 0.574. The molecule has 1 aliphatic rings. The first-order chi connectivity index (χ1) is 10.3. The normalized spacial score (nSPS) is 15.0. The Balaban J connectivity index is 1.64. The Kier molecular flexibility index (Phi) is 2.72. The number of hydrogen-bond donors (Lipinski definition) is 0. The van der Waals surface area contributed by atoms with E-state index < -0.39 is 0 Å². The number of hydrogen-bond acceptors (Lipinski definition) is 4. The van der Waals surface area contributed by atoms with Gasteiger partial charge in [-0.05, 0) is 6.07 Å². The lowest BCUT2D eigenvalue weighted by Gasteiger charge is -2.25. The molecule has 4 heterocycles. The second kappa shape index (κ2) is 4.72. The van der Waals surface area contributed by atoms with E-state index in [2.05, 4.69) is 16.3 Å². The minimum absolute atomic E-state index is 0.574. The van der Waals surface area contributed by atoms with Crippen LogP contribution in [0, 0.1) is 17.2 Å². The summed E-state index contributed by atoms with van der Waals surface area (Å²) >= 11 is 0. The van der Waals surface area contributed by atoms with Gasteiger partial charge in [0.1, 0.15) is 6.07 Å². The van der Waals surface area contributed by atoms with Crippen molar-refractivity contribution in [3.05, 3.63) is 42.5 Å². The monoisotopic (exact) mass is 279 g/mol. The molecule has 104 valence electrons. The lowest BCUT2D eigenvalue weighted by atomic mass is 10.1. The summed E-state index contributed by atoms with van der Waals surface area (Å²) in [7, 11) is 0. The van der Waals surface area contributed by atoms with Gasteiger partial charge >= 0.3 is 0 Å². The fraction of sp³-hybridized carbons (Fsp3) is 0.267. The number of rotatable bonds is 3. The molecule has 0 aliphatic carbocycles. The minimum Gasteiger partial charge on any atom is -0.381 e. The molecule has 0 saturated carbocycles. The second-order valence-corrected chi connectivity index (χ2v) is 5.27. The molecule has 0 atom stereocenters. The molecule has 0 unspecified atom stereocenters. The predicted molar refractivity (Wildman–Crippen MR) is 75.4 cm³/mol. The molecule has 0 aromatic carbocycles. The molecular formula is C15H13N5O. The third-order valence-corrected chi connectivity index (χ3v) is 3.76. The largest absolute Gasteiger partial charge is 0.381 e. The van der Waals surface area contributed by atoms with Crippen molar-refractivity contribution in [1.29, 1.82) is 5.26 Å². The highest BCUT2D eigenvalue weighted by atomic mass is 16.5. The van der Waals surface area contributed by atoms with Crippen LogP contribution in [0.5, 0.6) is 0 Å². The van der Waals surface area contributed by atoms with E-state index >= 15 is 0 Å². The summed E-state index contributed by atoms with van der Waals surface area (Å²) in [5.41, 5.74) is 3.49. The van der Waals surface area contributed by atoms with Crippen molar-refractivity contribution in [2.75, 3.05) is 13.2 Å². The van der Waals surface area contributed by atoms with E-state index in [1.165, 1.54) is 0 Å². The fourth-order valence-corrected chi connectivity index (χ4v) is 2.51. The lowest BCUT2D eigenvalue weighted by Crippen LogP contribution is -2.31. The van der Waals surface area contributed by atoms with Crippen LogP contribution >= 0.6 is 0 Å². The number of nitrogens with zero attached hydrogens (tertiary/aromatic N) is 5. The number of aromatic nitrogens is 4. The number of pyridine rings is 1. The van der Waals surface area contributed by atoms with Crippen molar-refractivity contribution < 1.29 is 4.74 Å². The van der Waals surface area contributed by atoms with Gasteiger partial charge < -0.3 is 4.74 Å². The molecule has 6 nitrogen and oxygen atoms in total. The van der Waals surface area contributed by atoms with Crippen LogP contribution in [0.1, 0.15) is 5.56 Å². The fourth-order valence-electron chi connectivity index (χ4n) is 2.51. The Bertz CT molecular complexity index is 837. The van der Waals surface area contributed by atoms with Gasteiger partial charge in [-0.3, -0.25) is 4.68 Å². The molecule has 4 rings (SSSR count). The Morgan fingerprint density at radius 2 is 2.10 bits per heavy atom. The average Bonchev–Trinajstić information content (AvgIpc) is 3.08. The van der Waals surface area contributed by atoms with Crippen LogP contribution < -0.4 is 0 Å². The zero-order valence-electron chi connectivity index (χ0n) is 11.3. The Morgan fingerprint density at radius 1 is 1.19 bits per heavy atom. The molecule has 0 amide bonds. The predicted octanol–water partition coefficient (Wildman–Crippen LogP) is 1.72. The van der Waals surface area contributed by atoms with E-state index in [4.69, 9.17) is 10.00 Å². The van der Waals surface area contributed by atoms with E-state index in [1.54, 1.807) is 10.7 Å². The zero-order valence-corrected chi connectivity index (χ0v) is 11.3. The zero-order chi connectivity index (χ0) is 14.2. The summed E-state index contributed by atoms with van der Waals surface area (Å²) in [6.07, 6.45) is 7.40. The van der Waals surface area contributed by atoms with E-state index in [0.717, 1.165) is 36.4 Å². The smallest absolute Gasteiger partial charge is 0.103 e. The molecule has 0 radical (unpaired) electrons. The summed E-state index contributed by atoms with van der Waals surface area (Å²) < 4.78 is 8.86. The summed E-state index contributed by atoms with van der Waals surface area (Å²) in [5, 5.41) is 17.6. The molecule has 3 aromatic rings. The van der Waals surface area contributed by atoms with Gasteiger partial charge in [-0.25, -0.2) is 4.52 Å². The van der Waals surface area contributed by atoms with Crippen LogP contribution in [0.15, 0.2) is 36.9 Å². The number of fused-ring (bicyclic) bond motifs is 1. The molecule has 1 saturated heterocycles. The van der Waals surface area contributed by atoms with Crippen molar-refractivity contribution in [3.8, 4) is 17.2 Å². The van der Waals surface area contributed by atoms with Crippen LogP contribution in [0.4, 0.5) is 0 Å². The maximum Gasteiger partial charge on any atom is 0.103 e. The molecule has 6 heteroatoms. The van der Waals surface area contributed by atoms with E-state index in [-0.39, 0.29) is 0 Å². The second-order valence-electron chi connectivity index (χ2n) is 5.27. The molecular weight excluding hydrogens is 266 g/mol. The highest BCUT2D eigenvalue weighted by Gasteiger charge is 2.19. The van der Waals surface area contributed by atoms with E-state index in [0.29, 0.717) is 11.5 Å². The topological polar surface area (TPSA) is 68.1 Å². The van der Waals surface area contributed by atoms with Crippen LogP contribution in [-0.2, 0) is 11.3 Å². The van der Waals surface area contributed by atoms with Crippen molar-refractivity contribution in [2.45, 2.75) is 6.54 Å². The van der Waals surface area contributed by atoms with Gasteiger partial charge in [-0.1, -0.05) is 6.07 Å². The summed E-state index contributed by atoms with van der Waals surface area (Å²) in [4.78, 5) is 0. The van der Waals surface area contributed by atoms with E-state index in [9.17, 15) is 0 Å². The lowest BCUT2D eigenvalue weighted by molar-refractivity contribution is -0.0408. The number of nitriles is 1. The molecule has 0 N–H and O–H groups in total. The quantitative estimate of drug-likeness (QED) is 0.732. The highest BCUT2D eigenvalue weighted by molar-refractivity contribution is 5.67. The Labute approximate surface area is 121 Å². The van der Waals surface area contributed by atoms with Gasteiger partial charge in [0.25, 0.3) is 0 Å². The van der Waals surface area contributed by atoms with Gasteiger partial charge in [-0.2, -0.15) is 15.5 Å². The van der Waals surface area contributed by atoms with Crippen LogP contribution in [0.2, 0.25) is 0 Å². The highest BCUT2D eigenvalue weighted by Crippen LogP contribution is 2.21. The van der Waals surface area contributed by atoms with E-state index in [1.807, 2.05) is 35.4 Å². The molecule has 0 spiro atoms. The summed E-state index contributed by atoms with van der Waals surface area (Å²) in [6, 6.07) is 6.04. The Morgan fingerprint density at radius 3 is 2.86 bits per heavy atom. The standard InChI is InChI=1S/C15H13N5O/c16-3-13-4-18-20-8-12(1-2-15(13)20)14-5-17-19(7-14)6-11-9-21-10-11/h1-2,4-5,7-8,11H,6,9-10H2. The van der Waals surface area contributed by atoms with Crippen LogP contribution in [0.25, 0.3) is 16.6 Å². The first-order valence-corrected chi connectivity index (χ1v) is 6.81. The molecule has 21 heavy (non-hydrogen) atoms. The molecule has 3 aromatic heterocycles. The van der Waals surface area contributed by atoms with Gasteiger partial charge in [-0.15, -0.1) is 0 Å². The number of ether oxygens (including phenoxy) is 1. The van der Waals surface area contributed by atoms with Gasteiger partial charge in [0.2, 0.25) is 0 Å². The van der Waals surface area contributed by atoms with Gasteiger partial charge in [0.15, 0.2) is 0 Å². The molecule has 1 fully saturated rings. The van der Waals surface area contributed by atoms with Gasteiger partial charge in [0.05, 0.1) is 36.7 Å². The molecule has 1 aliphatic heterocycles. The van der Waals surface area contributed by atoms with Gasteiger partial charge in [0, 0.05) is 36.0 Å². The van der Waals surface area contributed by atoms with Crippen LogP contribution in [-0.4, -0.2) is 32.6 Å². The van der Waals surface area contributed by atoms with Crippen molar-refractivity contribution in [1.82, 2.24) is 19.4 Å². The molecule has 0 bridgehead atoms. The average molecular weight is 279 g/mol. The van der Waals surface area contributed by atoms with Crippen LogP contribution in [0.3, 0.4) is 0 Å².